The number of hydrogen-bond donors (Lipinski definition) is 1. The number of nitrogens with two attached hydrogens (primary N) is 1. The van der Waals surface area contributed by atoms with Crippen LogP contribution in [0.3, 0.4) is 0 Å². The van der Waals surface area contributed by atoms with E-state index in [-0.39, 0.29) is 12.4 Å². The van der Waals surface area contributed by atoms with Crippen LogP contribution < -0.4 is 10.5 Å². The Labute approximate surface area is 128 Å². The van der Waals surface area contributed by atoms with Crippen molar-refractivity contribution in [2.75, 3.05) is 7.11 Å². The Kier molecular flexibility index (Phi) is 3.77. The first kappa shape index (κ1) is 14.5. The summed E-state index contributed by atoms with van der Waals surface area (Å²) < 4.78 is 19.7. The number of aromatic nitrogens is 1. The minimum Gasteiger partial charge on any atom is -0.496 e. The zero-order valence-electron chi connectivity index (χ0n) is 12.6. The zero-order valence-corrected chi connectivity index (χ0v) is 12.6. The average Bonchev–Trinajstić information content (AvgIpc) is 2.54. The molecule has 0 spiro atoms. The molecule has 4 heteroatoms. The highest BCUT2D eigenvalue weighted by molar-refractivity contribution is 5.86. The van der Waals surface area contributed by atoms with Crippen molar-refractivity contribution in [3.8, 4) is 17.0 Å². The van der Waals surface area contributed by atoms with E-state index in [2.05, 4.69) is 4.98 Å². The molecule has 0 unspecified atom stereocenters. The lowest BCUT2D eigenvalue weighted by molar-refractivity contribution is 0.413. The number of fused-ring (bicyclic) bond motifs is 1. The van der Waals surface area contributed by atoms with Crippen LogP contribution in [0, 0.1) is 12.7 Å². The molecule has 0 atom stereocenters. The van der Waals surface area contributed by atoms with Gasteiger partial charge in [-0.05, 0) is 36.2 Å². The summed E-state index contributed by atoms with van der Waals surface area (Å²) in [6.45, 7) is 2.27. The molecular weight excluding hydrogens is 279 g/mol. The van der Waals surface area contributed by atoms with Crippen molar-refractivity contribution in [1.82, 2.24) is 4.98 Å². The lowest BCUT2D eigenvalue weighted by Gasteiger charge is -2.14. The molecule has 0 bridgehead atoms. The first-order valence-electron chi connectivity index (χ1n) is 7.08. The molecule has 2 N–H and O–H groups in total. The maximum Gasteiger partial charge on any atom is 0.136 e. The van der Waals surface area contributed by atoms with E-state index in [4.69, 9.17) is 10.5 Å². The molecule has 3 nitrogen and oxygen atoms in total. The van der Waals surface area contributed by atoms with Gasteiger partial charge in [-0.25, -0.2) is 9.37 Å². The summed E-state index contributed by atoms with van der Waals surface area (Å²) in [4.78, 5) is 4.69. The second-order valence-corrected chi connectivity index (χ2v) is 5.16. The molecule has 0 aliphatic rings. The molecule has 0 amide bonds. The number of methoxy groups -OCH3 is 1. The van der Waals surface area contributed by atoms with Crippen LogP contribution in [0.4, 0.5) is 4.39 Å². The highest BCUT2D eigenvalue weighted by Gasteiger charge is 2.17. The number of rotatable bonds is 3. The molecule has 0 saturated heterocycles. The van der Waals surface area contributed by atoms with Gasteiger partial charge in [-0.3, -0.25) is 0 Å². The summed E-state index contributed by atoms with van der Waals surface area (Å²) >= 11 is 0. The van der Waals surface area contributed by atoms with Gasteiger partial charge in [-0.15, -0.1) is 0 Å². The van der Waals surface area contributed by atoms with Gasteiger partial charge in [-0.2, -0.15) is 0 Å². The van der Waals surface area contributed by atoms with E-state index in [0.717, 1.165) is 22.0 Å². The van der Waals surface area contributed by atoms with Gasteiger partial charge in [-0.1, -0.05) is 24.3 Å². The predicted molar refractivity (Wildman–Crippen MR) is 86.3 cm³/mol. The fraction of sp³-hybridized carbons (Fsp3) is 0.167. The molecule has 3 aromatic rings. The van der Waals surface area contributed by atoms with Crippen molar-refractivity contribution in [1.29, 1.82) is 0 Å². The van der Waals surface area contributed by atoms with Crippen molar-refractivity contribution < 1.29 is 9.13 Å². The molecule has 1 heterocycles. The summed E-state index contributed by atoms with van der Waals surface area (Å²) in [5, 5.41) is 1.000. The third kappa shape index (κ3) is 2.31. The summed E-state index contributed by atoms with van der Waals surface area (Å²) in [5.74, 6) is 0.0876. The second-order valence-electron chi connectivity index (χ2n) is 5.16. The number of nitrogens with zero attached hydrogens (tertiary/aromatic N) is 1. The quantitative estimate of drug-likeness (QED) is 0.799. The molecular formula is C18H17FN2O. The number of benzene rings is 2. The minimum atomic E-state index is -0.366. The normalized spacial score (nSPS) is 10.9. The van der Waals surface area contributed by atoms with Gasteiger partial charge in [0, 0.05) is 11.9 Å². The fourth-order valence-corrected chi connectivity index (χ4v) is 2.67. The van der Waals surface area contributed by atoms with Crippen LogP contribution in [-0.2, 0) is 6.54 Å². The van der Waals surface area contributed by atoms with Crippen LogP contribution in [0.5, 0.6) is 5.75 Å². The Hall–Kier alpha value is -2.46. The van der Waals surface area contributed by atoms with Gasteiger partial charge in [0.1, 0.15) is 11.6 Å². The largest absolute Gasteiger partial charge is 0.496 e. The predicted octanol–water partition coefficient (Wildman–Crippen LogP) is 3.82. The Morgan fingerprint density at radius 3 is 2.68 bits per heavy atom. The monoisotopic (exact) mass is 296 g/mol. The minimum absolute atomic E-state index is 0.281. The molecule has 1 aromatic heterocycles. The van der Waals surface area contributed by atoms with Crippen LogP contribution in [-0.4, -0.2) is 12.1 Å². The summed E-state index contributed by atoms with van der Waals surface area (Å²) in [6.07, 6.45) is 0. The summed E-state index contributed by atoms with van der Waals surface area (Å²) in [7, 11) is 1.52. The number of pyridine rings is 1. The second kappa shape index (κ2) is 5.73. The first-order chi connectivity index (χ1) is 10.7. The Balaban J connectivity index is 2.37. The van der Waals surface area contributed by atoms with E-state index >= 15 is 0 Å². The van der Waals surface area contributed by atoms with Gasteiger partial charge in [0.05, 0.1) is 23.9 Å². The third-order valence-corrected chi connectivity index (χ3v) is 3.78. The van der Waals surface area contributed by atoms with Crippen molar-refractivity contribution >= 4 is 10.9 Å². The van der Waals surface area contributed by atoms with Gasteiger partial charge >= 0.3 is 0 Å². The van der Waals surface area contributed by atoms with Gasteiger partial charge in [0.2, 0.25) is 0 Å². The SMILES string of the molecule is COc1cccc(F)c1-c1nc2c(C)cccc2cc1CN. The first-order valence-corrected chi connectivity index (χ1v) is 7.08. The highest BCUT2D eigenvalue weighted by Crippen LogP contribution is 2.35. The maximum absolute atomic E-state index is 14.4. The standard InChI is InChI=1S/C18H17FN2O/c1-11-5-3-6-12-9-13(10-20)18(21-17(11)12)16-14(19)7-4-8-15(16)22-2/h3-9H,10,20H2,1-2H3. The maximum atomic E-state index is 14.4. The lowest BCUT2D eigenvalue weighted by atomic mass is 10.0. The van der Waals surface area contributed by atoms with Crippen molar-refractivity contribution in [3.63, 3.8) is 0 Å². The molecule has 0 aliphatic carbocycles. The molecule has 0 radical (unpaired) electrons. The smallest absolute Gasteiger partial charge is 0.136 e. The van der Waals surface area contributed by atoms with Crippen LogP contribution in [0.2, 0.25) is 0 Å². The van der Waals surface area contributed by atoms with E-state index in [1.807, 2.05) is 31.2 Å². The summed E-state index contributed by atoms with van der Waals surface area (Å²) in [6, 6.07) is 12.7. The number of halogens is 1. The molecule has 112 valence electrons. The van der Waals surface area contributed by atoms with Crippen LogP contribution in [0.25, 0.3) is 22.2 Å². The topological polar surface area (TPSA) is 48.1 Å². The van der Waals surface area contributed by atoms with E-state index in [9.17, 15) is 4.39 Å². The number of para-hydroxylation sites is 1. The van der Waals surface area contributed by atoms with Crippen molar-refractivity contribution in [2.24, 2.45) is 5.73 Å². The van der Waals surface area contributed by atoms with Crippen molar-refractivity contribution in [3.05, 3.63) is 59.4 Å². The van der Waals surface area contributed by atoms with Gasteiger partial charge in [0.15, 0.2) is 0 Å². The number of ether oxygens (including phenoxy) is 1. The van der Waals surface area contributed by atoms with E-state index in [1.165, 1.54) is 13.2 Å². The van der Waals surface area contributed by atoms with Gasteiger partial charge < -0.3 is 10.5 Å². The molecule has 0 aliphatic heterocycles. The van der Waals surface area contributed by atoms with Crippen LogP contribution in [0.1, 0.15) is 11.1 Å². The third-order valence-electron chi connectivity index (χ3n) is 3.78. The molecule has 2 aromatic carbocycles. The zero-order chi connectivity index (χ0) is 15.7. The van der Waals surface area contributed by atoms with E-state index < -0.39 is 0 Å². The summed E-state index contributed by atoms with van der Waals surface area (Å²) in [5.41, 5.74) is 9.43. The lowest BCUT2D eigenvalue weighted by Crippen LogP contribution is -2.04. The Bertz CT molecular complexity index is 846. The highest BCUT2D eigenvalue weighted by atomic mass is 19.1. The molecule has 0 fully saturated rings. The van der Waals surface area contributed by atoms with Gasteiger partial charge in [0.25, 0.3) is 0 Å². The molecule has 22 heavy (non-hydrogen) atoms. The number of aryl methyl sites for hydroxylation is 1. The van der Waals surface area contributed by atoms with E-state index in [1.54, 1.807) is 12.1 Å². The van der Waals surface area contributed by atoms with Crippen LogP contribution in [0.15, 0.2) is 42.5 Å². The molecule has 0 saturated carbocycles. The Morgan fingerprint density at radius 1 is 1.18 bits per heavy atom. The number of hydrogen-bond acceptors (Lipinski definition) is 3. The fourth-order valence-electron chi connectivity index (χ4n) is 2.67. The molecule has 3 rings (SSSR count). The average molecular weight is 296 g/mol. The van der Waals surface area contributed by atoms with E-state index in [0.29, 0.717) is 17.0 Å². The van der Waals surface area contributed by atoms with Crippen LogP contribution >= 0.6 is 0 Å². The Morgan fingerprint density at radius 2 is 1.95 bits per heavy atom. The van der Waals surface area contributed by atoms with Crippen molar-refractivity contribution in [2.45, 2.75) is 13.5 Å².